The van der Waals surface area contributed by atoms with Gasteiger partial charge in [0.05, 0.1) is 7.11 Å². The lowest BCUT2D eigenvalue weighted by atomic mass is 10.1. The van der Waals surface area contributed by atoms with Crippen LogP contribution in [0.15, 0.2) is 42.5 Å². The van der Waals surface area contributed by atoms with Crippen LogP contribution in [0.5, 0.6) is 5.75 Å². The summed E-state index contributed by atoms with van der Waals surface area (Å²) in [5, 5.41) is 3.27. The van der Waals surface area contributed by atoms with E-state index in [4.69, 9.17) is 4.74 Å². The van der Waals surface area contributed by atoms with E-state index in [1.54, 1.807) is 18.2 Å². The summed E-state index contributed by atoms with van der Waals surface area (Å²) >= 11 is 0. The predicted octanol–water partition coefficient (Wildman–Crippen LogP) is 3.82. The molecule has 4 heteroatoms. The first kappa shape index (κ1) is 14.5. The molecule has 0 spiro atoms. The highest BCUT2D eigenvalue weighted by molar-refractivity contribution is 5.31. The number of methoxy groups -OCH3 is 1. The zero-order valence-corrected chi connectivity index (χ0v) is 11.5. The van der Waals surface area contributed by atoms with E-state index in [0.717, 1.165) is 11.1 Å². The topological polar surface area (TPSA) is 21.3 Å². The maximum atomic E-state index is 13.6. The molecule has 0 radical (unpaired) electrons. The number of hydrogen-bond donors (Lipinski definition) is 1. The van der Waals surface area contributed by atoms with Gasteiger partial charge in [0.2, 0.25) is 0 Å². The molecule has 2 aromatic carbocycles. The van der Waals surface area contributed by atoms with Crippen molar-refractivity contribution in [3.63, 3.8) is 0 Å². The van der Waals surface area contributed by atoms with Gasteiger partial charge in [-0.05, 0) is 42.3 Å². The van der Waals surface area contributed by atoms with Gasteiger partial charge >= 0.3 is 0 Å². The van der Waals surface area contributed by atoms with Gasteiger partial charge in [0.25, 0.3) is 0 Å². The van der Waals surface area contributed by atoms with Crippen LogP contribution in [0.2, 0.25) is 0 Å². The molecule has 0 saturated carbocycles. The van der Waals surface area contributed by atoms with Gasteiger partial charge in [0.15, 0.2) is 11.6 Å². The minimum Gasteiger partial charge on any atom is -0.494 e. The number of halogens is 2. The Kier molecular flexibility index (Phi) is 4.69. The Bertz CT molecular complexity index is 569. The van der Waals surface area contributed by atoms with Gasteiger partial charge in [-0.3, -0.25) is 0 Å². The molecule has 0 bridgehead atoms. The fourth-order valence-corrected chi connectivity index (χ4v) is 1.94. The van der Waals surface area contributed by atoms with Crippen LogP contribution in [-0.4, -0.2) is 7.11 Å². The lowest BCUT2D eigenvalue weighted by Gasteiger charge is -2.15. The van der Waals surface area contributed by atoms with E-state index in [9.17, 15) is 8.78 Å². The Hall–Kier alpha value is -1.94. The van der Waals surface area contributed by atoms with Gasteiger partial charge in [-0.25, -0.2) is 8.78 Å². The maximum absolute atomic E-state index is 13.6. The molecule has 0 saturated heterocycles. The van der Waals surface area contributed by atoms with Crippen LogP contribution in [0.25, 0.3) is 0 Å². The van der Waals surface area contributed by atoms with Crippen LogP contribution >= 0.6 is 0 Å². The second-order valence-corrected chi connectivity index (χ2v) is 4.62. The van der Waals surface area contributed by atoms with Crippen molar-refractivity contribution in [3.8, 4) is 5.75 Å². The molecule has 0 fully saturated rings. The highest BCUT2D eigenvalue weighted by atomic mass is 19.1. The summed E-state index contributed by atoms with van der Waals surface area (Å²) in [6.45, 7) is 2.54. The van der Waals surface area contributed by atoms with Crippen LogP contribution in [0.3, 0.4) is 0 Å². The number of hydrogen-bond acceptors (Lipinski definition) is 2. The molecule has 0 heterocycles. The molecule has 20 heavy (non-hydrogen) atoms. The Labute approximate surface area is 117 Å². The summed E-state index contributed by atoms with van der Waals surface area (Å²) in [5.41, 5.74) is 1.82. The molecular formula is C16H17F2NO. The van der Waals surface area contributed by atoms with Crippen molar-refractivity contribution >= 4 is 0 Å². The van der Waals surface area contributed by atoms with Crippen molar-refractivity contribution in [1.82, 2.24) is 5.32 Å². The summed E-state index contributed by atoms with van der Waals surface area (Å²) in [5.74, 6) is -0.390. The third-order valence-electron chi connectivity index (χ3n) is 3.20. The lowest BCUT2D eigenvalue weighted by molar-refractivity contribution is 0.385. The van der Waals surface area contributed by atoms with E-state index in [-0.39, 0.29) is 23.4 Å². The SMILES string of the molecule is COc1ccc(C(C)NCc2ccc(F)cc2)cc1F. The van der Waals surface area contributed by atoms with Gasteiger partial charge in [-0.15, -0.1) is 0 Å². The summed E-state index contributed by atoms with van der Waals surface area (Å²) in [6.07, 6.45) is 0. The lowest BCUT2D eigenvalue weighted by Crippen LogP contribution is -2.18. The summed E-state index contributed by atoms with van der Waals surface area (Å²) in [7, 11) is 1.44. The van der Waals surface area contributed by atoms with Crippen molar-refractivity contribution < 1.29 is 13.5 Å². The number of ether oxygens (including phenoxy) is 1. The molecule has 2 aromatic rings. The fraction of sp³-hybridized carbons (Fsp3) is 0.250. The molecule has 0 amide bonds. The van der Waals surface area contributed by atoms with Gasteiger partial charge in [-0.1, -0.05) is 18.2 Å². The highest BCUT2D eigenvalue weighted by Gasteiger charge is 2.09. The first-order chi connectivity index (χ1) is 9.60. The minimum atomic E-state index is -0.375. The Morgan fingerprint density at radius 3 is 2.40 bits per heavy atom. The Balaban J connectivity index is 1.99. The van der Waals surface area contributed by atoms with E-state index in [1.807, 2.05) is 13.0 Å². The molecule has 1 N–H and O–H groups in total. The Morgan fingerprint density at radius 2 is 1.80 bits per heavy atom. The monoisotopic (exact) mass is 277 g/mol. The van der Waals surface area contributed by atoms with E-state index in [1.165, 1.54) is 25.3 Å². The van der Waals surface area contributed by atoms with Crippen molar-refractivity contribution in [2.45, 2.75) is 19.5 Å². The molecule has 1 atom stereocenters. The molecule has 2 rings (SSSR count). The normalized spacial score (nSPS) is 12.2. The average Bonchev–Trinajstić information content (AvgIpc) is 2.46. The maximum Gasteiger partial charge on any atom is 0.165 e. The minimum absolute atomic E-state index is 0.0135. The number of benzene rings is 2. The van der Waals surface area contributed by atoms with Crippen LogP contribution in [0.1, 0.15) is 24.1 Å². The second kappa shape index (κ2) is 6.48. The van der Waals surface area contributed by atoms with E-state index >= 15 is 0 Å². The van der Waals surface area contributed by atoms with Crippen LogP contribution < -0.4 is 10.1 Å². The standard InChI is InChI=1S/C16H17F2NO/c1-11(13-5-8-16(20-2)15(18)9-13)19-10-12-3-6-14(17)7-4-12/h3-9,11,19H,10H2,1-2H3. The third kappa shape index (κ3) is 3.54. The van der Waals surface area contributed by atoms with E-state index < -0.39 is 0 Å². The van der Waals surface area contributed by atoms with Gasteiger partial charge in [0.1, 0.15) is 5.82 Å². The van der Waals surface area contributed by atoms with Crippen LogP contribution in [-0.2, 0) is 6.54 Å². The fourth-order valence-electron chi connectivity index (χ4n) is 1.94. The van der Waals surface area contributed by atoms with Gasteiger partial charge < -0.3 is 10.1 Å². The zero-order chi connectivity index (χ0) is 14.5. The molecular weight excluding hydrogens is 260 g/mol. The van der Waals surface area contributed by atoms with Gasteiger partial charge in [-0.2, -0.15) is 0 Å². The summed E-state index contributed by atoms with van der Waals surface area (Å²) < 4.78 is 31.3. The highest BCUT2D eigenvalue weighted by Crippen LogP contribution is 2.21. The first-order valence-corrected chi connectivity index (χ1v) is 6.41. The number of rotatable bonds is 5. The van der Waals surface area contributed by atoms with Crippen LogP contribution in [0.4, 0.5) is 8.78 Å². The van der Waals surface area contributed by atoms with E-state index in [2.05, 4.69) is 5.32 Å². The molecule has 2 nitrogen and oxygen atoms in total. The summed E-state index contributed by atoms with van der Waals surface area (Å²) in [6, 6.07) is 11.2. The van der Waals surface area contributed by atoms with Crippen molar-refractivity contribution in [1.29, 1.82) is 0 Å². The Morgan fingerprint density at radius 1 is 1.10 bits per heavy atom. The van der Waals surface area contributed by atoms with Crippen molar-refractivity contribution in [2.75, 3.05) is 7.11 Å². The molecule has 0 aliphatic heterocycles. The van der Waals surface area contributed by atoms with Gasteiger partial charge in [0, 0.05) is 12.6 Å². The largest absolute Gasteiger partial charge is 0.494 e. The molecule has 0 aliphatic rings. The predicted molar refractivity (Wildman–Crippen MR) is 74.6 cm³/mol. The molecule has 0 aromatic heterocycles. The quantitative estimate of drug-likeness (QED) is 0.897. The smallest absolute Gasteiger partial charge is 0.165 e. The third-order valence-corrected chi connectivity index (χ3v) is 3.20. The zero-order valence-electron chi connectivity index (χ0n) is 11.5. The average molecular weight is 277 g/mol. The van der Waals surface area contributed by atoms with E-state index in [0.29, 0.717) is 6.54 Å². The first-order valence-electron chi connectivity index (χ1n) is 6.41. The van der Waals surface area contributed by atoms with Crippen LogP contribution in [0, 0.1) is 11.6 Å². The summed E-state index contributed by atoms with van der Waals surface area (Å²) in [4.78, 5) is 0. The van der Waals surface area contributed by atoms with Crippen molar-refractivity contribution in [3.05, 3.63) is 65.2 Å². The second-order valence-electron chi connectivity index (χ2n) is 4.62. The molecule has 1 unspecified atom stereocenters. The molecule has 106 valence electrons. The number of nitrogens with one attached hydrogen (secondary N) is 1. The van der Waals surface area contributed by atoms with Crippen molar-refractivity contribution in [2.24, 2.45) is 0 Å². The molecule has 0 aliphatic carbocycles.